The molecule has 30 heavy (non-hydrogen) atoms. The van der Waals surface area contributed by atoms with Gasteiger partial charge in [0.2, 0.25) is 0 Å². The SMILES string of the molecule is CN=C(NCc1cc(-c2ccccc2)on1)NCC(C)Oc1ccccc1OC.I. The Balaban J connectivity index is 0.00000320. The van der Waals surface area contributed by atoms with Crippen LogP contribution in [0.4, 0.5) is 0 Å². The van der Waals surface area contributed by atoms with Crippen molar-refractivity contribution >= 4 is 29.9 Å². The highest BCUT2D eigenvalue weighted by Crippen LogP contribution is 2.26. The lowest BCUT2D eigenvalue weighted by molar-refractivity contribution is 0.213. The lowest BCUT2D eigenvalue weighted by atomic mass is 10.2. The summed E-state index contributed by atoms with van der Waals surface area (Å²) in [6.07, 6.45) is -0.0819. The van der Waals surface area contributed by atoms with Crippen LogP contribution in [0.3, 0.4) is 0 Å². The van der Waals surface area contributed by atoms with E-state index in [9.17, 15) is 0 Å². The Kier molecular flexibility index (Phi) is 9.46. The van der Waals surface area contributed by atoms with Gasteiger partial charge in [0.25, 0.3) is 0 Å². The lowest BCUT2D eigenvalue weighted by Crippen LogP contribution is -2.41. The molecule has 0 aliphatic carbocycles. The van der Waals surface area contributed by atoms with Crippen molar-refractivity contribution in [3.05, 3.63) is 66.4 Å². The molecule has 0 saturated carbocycles. The molecule has 0 radical (unpaired) electrons. The van der Waals surface area contributed by atoms with Crippen LogP contribution in [0.2, 0.25) is 0 Å². The zero-order valence-corrected chi connectivity index (χ0v) is 19.6. The number of para-hydroxylation sites is 2. The maximum Gasteiger partial charge on any atom is 0.191 e. The molecule has 0 amide bonds. The summed E-state index contributed by atoms with van der Waals surface area (Å²) in [7, 11) is 3.35. The van der Waals surface area contributed by atoms with Crippen LogP contribution in [0.25, 0.3) is 11.3 Å². The van der Waals surface area contributed by atoms with E-state index in [4.69, 9.17) is 14.0 Å². The van der Waals surface area contributed by atoms with Crippen molar-refractivity contribution in [1.29, 1.82) is 0 Å². The molecule has 2 aromatic carbocycles. The van der Waals surface area contributed by atoms with Crippen LogP contribution in [-0.2, 0) is 6.54 Å². The van der Waals surface area contributed by atoms with E-state index < -0.39 is 0 Å². The van der Waals surface area contributed by atoms with E-state index in [0.29, 0.717) is 30.5 Å². The third-order valence-corrected chi connectivity index (χ3v) is 4.23. The van der Waals surface area contributed by atoms with Crippen LogP contribution in [-0.4, -0.2) is 37.9 Å². The molecule has 0 aliphatic rings. The van der Waals surface area contributed by atoms with Crippen molar-refractivity contribution in [2.75, 3.05) is 20.7 Å². The van der Waals surface area contributed by atoms with Crippen LogP contribution in [0.5, 0.6) is 11.5 Å². The number of nitrogens with zero attached hydrogens (tertiary/aromatic N) is 2. The van der Waals surface area contributed by atoms with Crippen LogP contribution < -0.4 is 20.1 Å². The maximum atomic E-state index is 5.95. The first-order valence-electron chi connectivity index (χ1n) is 9.44. The van der Waals surface area contributed by atoms with Gasteiger partial charge >= 0.3 is 0 Å². The fourth-order valence-electron chi connectivity index (χ4n) is 2.74. The Hall–Kier alpha value is -2.75. The number of halogens is 1. The van der Waals surface area contributed by atoms with Gasteiger partial charge in [0, 0.05) is 18.7 Å². The number of nitrogens with one attached hydrogen (secondary N) is 2. The van der Waals surface area contributed by atoms with E-state index in [1.807, 2.05) is 67.6 Å². The zero-order valence-electron chi connectivity index (χ0n) is 17.3. The van der Waals surface area contributed by atoms with Crippen LogP contribution >= 0.6 is 24.0 Å². The molecule has 2 N–H and O–H groups in total. The quantitative estimate of drug-likeness (QED) is 0.264. The molecule has 1 heterocycles. The summed E-state index contributed by atoms with van der Waals surface area (Å²) in [6, 6.07) is 19.4. The summed E-state index contributed by atoms with van der Waals surface area (Å²) >= 11 is 0. The van der Waals surface area contributed by atoms with Gasteiger partial charge in [-0.1, -0.05) is 47.6 Å². The summed E-state index contributed by atoms with van der Waals surface area (Å²) < 4.78 is 16.7. The molecule has 1 aromatic heterocycles. The van der Waals surface area contributed by atoms with Gasteiger partial charge in [0.1, 0.15) is 11.8 Å². The Labute approximate surface area is 193 Å². The molecule has 8 heteroatoms. The number of methoxy groups -OCH3 is 1. The van der Waals surface area contributed by atoms with Crippen molar-refractivity contribution in [3.63, 3.8) is 0 Å². The van der Waals surface area contributed by atoms with E-state index >= 15 is 0 Å². The number of hydrogen-bond donors (Lipinski definition) is 2. The first-order valence-corrected chi connectivity index (χ1v) is 9.44. The van der Waals surface area contributed by atoms with Gasteiger partial charge in [-0.2, -0.15) is 0 Å². The van der Waals surface area contributed by atoms with Crippen molar-refractivity contribution in [3.8, 4) is 22.8 Å². The number of aromatic nitrogens is 1. The average Bonchev–Trinajstić information content (AvgIpc) is 3.24. The van der Waals surface area contributed by atoms with E-state index in [1.165, 1.54) is 0 Å². The smallest absolute Gasteiger partial charge is 0.191 e. The maximum absolute atomic E-state index is 5.95. The number of rotatable bonds is 8. The first kappa shape index (κ1) is 23.5. The average molecular weight is 522 g/mol. The minimum Gasteiger partial charge on any atom is -0.493 e. The predicted molar refractivity (Wildman–Crippen MR) is 129 cm³/mol. The molecule has 0 spiro atoms. The third-order valence-electron chi connectivity index (χ3n) is 4.23. The van der Waals surface area contributed by atoms with Crippen molar-refractivity contribution in [2.45, 2.75) is 19.6 Å². The topological polar surface area (TPSA) is 80.9 Å². The molecule has 160 valence electrons. The molecular weight excluding hydrogens is 495 g/mol. The van der Waals surface area contributed by atoms with Crippen LogP contribution in [0.1, 0.15) is 12.6 Å². The van der Waals surface area contributed by atoms with Gasteiger partial charge in [-0.3, -0.25) is 4.99 Å². The number of aliphatic imine (C=N–C) groups is 1. The number of ether oxygens (including phenoxy) is 2. The molecule has 7 nitrogen and oxygen atoms in total. The number of benzene rings is 2. The molecule has 0 fully saturated rings. The van der Waals surface area contributed by atoms with Gasteiger partial charge in [0.15, 0.2) is 23.2 Å². The first-order chi connectivity index (χ1) is 14.2. The summed E-state index contributed by atoms with van der Waals surface area (Å²) in [4.78, 5) is 4.24. The van der Waals surface area contributed by atoms with E-state index in [0.717, 1.165) is 17.0 Å². The molecule has 0 aliphatic heterocycles. The fraction of sp³-hybridized carbons (Fsp3) is 0.273. The largest absolute Gasteiger partial charge is 0.493 e. The molecule has 0 saturated heterocycles. The molecular formula is C22H27IN4O3. The second kappa shape index (κ2) is 12.1. The Bertz CT molecular complexity index is 931. The second-order valence-electron chi connectivity index (χ2n) is 6.43. The fourth-order valence-corrected chi connectivity index (χ4v) is 2.74. The predicted octanol–water partition coefficient (Wildman–Crippen LogP) is 4.10. The highest BCUT2D eigenvalue weighted by Gasteiger charge is 2.10. The van der Waals surface area contributed by atoms with Gasteiger partial charge in [-0.05, 0) is 19.1 Å². The minimum atomic E-state index is -0.0819. The molecule has 0 bridgehead atoms. The summed E-state index contributed by atoms with van der Waals surface area (Å²) in [6.45, 7) is 3.06. The summed E-state index contributed by atoms with van der Waals surface area (Å²) in [5.74, 6) is 2.82. The van der Waals surface area contributed by atoms with E-state index in [2.05, 4.69) is 20.8 Å². The highest BCUT2D eigenvalue weighted by atomic mass is 127. The number of hydrogen-bond acceptors (Lipinski definition) is 5. The summed E-state index contributed by atoms with van der Waals surface area (Å²) in [5.41, 5.74) is 1.79. The van der Waals surface area contributed by atoms with Crippen LogP contribution in [0, 0.1) is 0 Å². The molecule has 3 aromatic rings. The van der Waals surface area contributed by atoms with E-state index in [-0.39, 0.29) is 30.1 Å². The zero-order chi connectivity index (χ0) is 20.5. The van der Waals surface area contributed by atoms with Gasteiger partial charge < -0.3 is 24.6 Å². The van der Waals surface area contributed by atoms with Crippen molar-refractivity contribution < 1.29 is 14.0 Å². The third kappa shape index (κ3) is 6.65. The van der Waals surface area contributed by atoms with Gasteiger partial charge in [-0.25, -0.2) is 0 Å². The van der Waals surface area contributed by atoms with Crippen molar-refractivity contribution in [1.82, 2.24) is 15.8 Å². The molecule has 1 unspecified atom stereocenters. The lowest BCUT2D eigenvalue weighted by Gasteiger charge is -2.18. The Morgan fingerprint density at radius 2 is 1.77 bits per heavy atom. The van der Waals surface area contributed by atoms with Crippen LogP contribution in [0.15, 0.2) is 70.2 Å². The Morgan fingerprint density at radius 1 is 1.07 bits per heavy atom. The standard InChI is InChI=1S/C22H26N4O3.HI/c1-16(28-20-12-8-7-11-19(20)27-3)14-24-22(23-2)25-15-18-13-21(29-26-18)17-9-5-4-6-10-17;/h4-13,16H,14-15H2,1-3H3,(H2,23,24,25);1H. The Morgan fingerprint density at radius 3 is 2.47 bits per heavy atom. The highest BCUT2D eigenvalue weighted by molar-refractivity contribution is 14.0. The van der Waals surface area contributed by atoms with Gasteiger partial charge in [-0.15, -0.1) is 24.0 Å². The minimum absolute atomic E-state index is 0. The second-order valence-corrected chi connectivity index (χ2v) is 6.43. The van der Waals surface area contributed by atoms with Gasteiger partial charge in [0.05, 0.1) is 20.2 Å². The van der Waals surface area contributed by atoms with E-state index in [1.54, 1.807) is 14.2 Å². The number of guanidine groups is 1. The molecule has 1 atom stereocenters. The van der Waals surface area contributed by atoms with Crippen molar-refractivity contribution in [2.24, 2.45) is 4.99 Å². The monoisotopic (exact) mass is 522 g/mol. The summed E-state index contributed by atoms with van der Waals surface area (Å²) in [5, 5.41) is 10.6. The normalized spacial score (nSPS) is 11.9. The molecule has 3 rings (SSSR count).